The highest BCUT2D eigenvalue weighted by molar-refractivity contribution is 6.03. The number of aromatic nitrogens is 3. The molecule has 32 heavy (non-hydrogen) atoms. The maximum Gasteiger partial charge on any atom is 0.253 e. The zero-order valence-corrected chi connectivity index (χ0v) is 17.5. The maximum atomic E-state index is 13.4. The highest BCUT2D eigenvalue weighted by Gasteiger charge is 2.40. The number of para-hydroxylation sites is 2. The molecule has 0 saturated heterocycles. The van der Waals surface area contributed by atoms with Crippen LogP contribution >= 0.6 is 0 Å². The van der Waals surface area contributed by atoms with Gasteiger partial charge in [0.05, 0.1) is 29.7 Å². The van der Waals surface area contributed by atoms with E-state index in [9.17, 15) is 9.59 Å². The van der Waals surface area contributed by atoms with E-state index in [2.05, 4.69) is 15.3 Å². The van der Waals surface area contributed by atoms with Crippen LogP contribution in [-0.2, 0) is 22.6 Å². The summed E-state index contributed by atoms with van der Waals surface area (Å²) in [6.07, 6.45) is 2.52. The Kier molecular flexibility index (Phi) is 5.37. The summed E-state index contributed by atoms with van der Waals surface area (Å²) in [5.41, 5.74) is 3.58. The zero-order valence-electron chi connectivity index (χ0n) is 17.5. The number of hydrogen-bond acceptors (Lipinski definition) is 4. The van der Waals surface area contributed by atoms with Gasteiger partial charge in [0.2, 0.25) is 11.9 Å². The van der Waals surface area contributed by atoms with Gasteiger partial charge in [0.25, 0.3) is 5.91 Å². The third-order valence-electron chi connectivity index (χ3n) is 5.69. The lowest BCUT2D eigenvalue weighted by atomic mass is 10.1. The fraction of sp³-hybridized carbons (Fsp3) is 0.200. The van der Waals surface area contributed by atoms with Crippen LogP contribution in [-0.4, -0.2) is 32.9 Å². The standard InChI is InChI=1S/C25H23N5O2/c31-23(27-15-13-18-8-2-1-3-9-18)16-22-24(32)29(17-19-10-6-7-14-26-19)25-28-20-11-4-5-12-21(20)30(22)25/h1-12,14,22H,13,15-17H2,(H,27,31). The van der Waals surface area contributed by atoms with Crippen molar-refractivity contribution < 1.29 is 9.59 Å². The first kappa shape index (κ1) is 19.9. The van der Waals surface area contributed by atoms with E-state index in [4.69, 9.17) is 0 Å². The van der Waals surface area contributed by atoms with Gasteiger partial charge < -0.3 is 5.32 Å². The number of amides is 2. The summed E-state index contributed by atoms with van der Waals surface area (Å²) in [6.45, 7) is 0.841. The van der Waals surface area contributed by atoms with Crippen LogP contribution in [0.15, 0.2) is 79.0 Å². The third kappa shape index (κ3) is 3.85. The van der Waals surface area contributed by atoms with Crippen LogP contribution < -0.4 is 10.2 Å². The molecule has 1 aliphatic heterocycles. The Morgan fingerprint density at radius 1 is 0.969 bits per heavy atom. The first-order chi connectivity index (χ1) is 15.7. The average Bonchev–Trinajstić information content (AvgIpc) is 3.31. The molecule has 0 bridgehead atoms. The molecule has 7 nitrogen and oxygen atoms in total. The van der Waals surface area contributed by atoms with Crippen molar-refractivity contribution in [2.24, 2.45) is 0 Å². The van der Waals surface area contributed by atoms with Gasteiger partial charge in [0.1, 0.15) is 6.04 Å². The molecule has 7 heteroatoms. The van der Waals surface area contributed by atoms with E-state index >= 15 is 0 Å². The molecule has 5 rings (SSSR count). The Labute approximate surface area is 185 Å². The molecule has 2 amide bonds. The fourth-order valence-electron chi connectivity index (χ4n) is 4.14. The third-order valence-corrected chi connectivity index (χ3v) is 5.69. The largest absolute Gasteiger partial charge is 0.356 e. The van der Waals surface area contributed by atoms with E-state index in [1.54, 1.807) is 11.1 Å². The minimum atomic E-state index is -0.627. The van der Waals surface area contributed by atoms with Crippen molar-refractivity contribution in [2.75, 3.05) is 11.4 Å². The number of carbonyl (C=O) groups is 2. The van der Waals surface area contributed by atoms with Crippen molar-refractivity contribution in [1.82, 2.24) is 19.9 Å². The number of fused-ring (bicyclic) bond motifs is 3. The number of carbonyl (C=O) groups excluding carboxylic acids is 2. The van der Waals surface area contributed by atoms with Crippen LogP contribution in [0.1, 0.15) is 23.7 Å². The van der Waals surface area contributed by atoms with Crippen molar-refractivity contribution >= 4 is 28.8 Å². The second kappa shape index (κ2) is 8.63. The van der Waals surface area contributed by atoms with Gasteiger partial charge in [-0.3, -0.25) is 24.0 Å². The molecule has 1 atom stereocenters. The van der Waals surface area contributed by atoms with E-state index in [0.29, 0.717) is 19.0 Å². The van der Waals surface area contributed by atoms with Crippen LogP contribution in [0.2, 0.25) is 0 Å². The van der Waals surface area contributed by atoms with Crippen molar-refractivity contribution in [3.8, 4) is 0 Å². The molecule has 2 aromatic heterocycles. The zero-order chi connectivity index (χ0) is 21.9. The van der Waals surface area contributed by atoms with E-state index in [1.165, 1.54) is 0 Å². The molecule has 3 heterocycles. The normalized spacial score (nSPS) is 15.2. The summed E-state index contributed by atoms with van der Waals surface area (Å²) in [5, 5.41) is 2.96. The summed E-state index contributed by atoms with van der Waals surface area (Å²) < 4.78 is 1.89. The number of benzene rings is 2. The Morgan fingerprint density at radius 2 is 1.75 bits per heavy atom. The van der Waals surface area contributed by atoms with Crippen LogP contribution in [0.5, 0.6) is 0 Å². The molecule has 1 aliphatic rings. The van der Waals surface area contributed by atoms with Gasteiger partial charge in [0.15, 0.2) is 0 Å². The lowest BCUT2D eigenvalue weighted by Gasteiger charge is -2.15. The molecule has 0 radical (unpaired) electrons. The van der Waals surface area contributed by atoms with E-state index < -0.39 is 6.04 Å². The molecule has 0 aliphatic carbocycles. The molecule has 0 spiro atoms. The van der Waals surface area contributed by atoms with Crippen molar-refractivity contribution in [3.63, 3.8) is 0 Å². The minimum Gasteiger partial charge on any atom is -0.356 e. The maximum absolute atomic E-state index is 13.4. The van der Waals surface area contributed by atoms with E-state index in [1.807, 2.05) is 77.4 Å². The number of hydrogen-bond donors (Lipinski definition) is 1. The SMILES string of the molecule is O=C(CC1C(=O)N(Cc2ccccn2)c2nc3ccccc3n21)NCCc1ccccc1. The number of imidazole rings is 1. The number of rotatable bonds is 7. The second-order valence-corrected chi connectivity index (χ2v) is 7.82. The van der Waals surface area contributed by atoms with Gasteiger partial charge in [0, 0.05) is 12.7 Å². The number of nitrogens with one attached hydrogen (secondary N) is 1. The summed E-state index contributed by atoms with van der Waals surface area (Å²) in [4.78, 5) is 36.8. The highest BCUT2D eigenvalue weighted by atomic mass is 16.2. The van der Waals surface area contributed by atoms with Gasteiger partial charge in [-0.05, 0) is 36.2 Å². The first-order valence-electron chi connectivity index (χ1n) is 10.7. The van der Waals surface area contributed by atoms with Gasteiger partial charge in [-0.2, -0.15) is 0 Å². The molecule has 4 aromatic rings. The van der Waals surface area contributed by atoms with Crippen molar-refractivity contribution in [2.45, 2.75) is 25.4 Å². The molecular formula is C25H23N5O2. The summed E-state index contributed by atoms with van der Waals surface area (Å²) in [6, 6.07) is 22.7. The molecule has 0 saturated carbocycles. The Bertz CT molecular complexity index is 1250. The second-order valence-electron chi connectivity index (χ2n) is 7.82. The van der Waals surface area contributed by atoms with Crippen LogP contribution in [0, 0.1) is 0 Å². The first-order valence-corrected chi connectivity index (χ1v) is 10.7. The van der Waals surface area contributed by atoms with Crippen LogP contribution in [0.3, 0.4) is 0 Å². The molecule has 1 N–H and O–H groups in total. The average molecular weight is 425 g/mol. The number of pyridine rings is 1. The van der Waals surface area contributed by atoms with Gasteiger partial charge in [-0.25, -0.2) is 4.98 Å². The number of anilines is 1. The van der Waals surface area contributed by atoms with Crippen LogP contribution in [0.4, 0.5) is 5.95 Å². The summed E-state index contributed by atoms with van der Waals surface area (Å²) >= 11 is 0. The van der Waals surface area contributed by atoms with Crippen molar-refractivity contribution in [3.05, 3.63) is 90.3 Å². The lowest BCUT2D eigenvalue weighted by Crippen LogP contribution is -2.33. The van der Waals surface area contributed by atoms with Crippen molar-refractivity contribution in [1.29, 1.82) is 0 Å². The van der Waals surface area contributed by atoms with Gasteiger partial charge in [-0.15, -0.1) is 0 Å². The molecular weight excluding hydrogens is 402 g/mol. The van der Waals surface area contributed by atoms with Gasteiger partial charge in [-0.1, -0.05) is 48.5 Å². The summed E-state index contributed by atoms with van der Waals surface area (Å²) in [7, 11) is 0. The van der Waals surface area contributed by atoms with E-state index in [0.717, 1.165) is 28.7 Å². The van der Waals surface area contributed by atoms with E-state index in [-0.39, 0.29) is 18.2 Å². The molecule has 2 aromatic carbocycles. The minimum absolute atomic E-state index is 0.0691. The fourth-order valence-corrected chi connectivity index (χ4v) is 4.14. The lowest BCUT2D eigenvalue weighted by molar-refractivity contribution is -0.127. The quantitative estimate of drug-likeness (QED) is 0.493. The van der Waals surface area contributed by atoms with Crippen LogP contribution in [0.25, 0.3) is 11.0 Å². The topological polar surface area (TPSA) is 80.1 Å². The smallest absolute Gasteiger partial charge is 0.253 e. The molecule has 160 valence electrons. The Morgan fingerprint density at radius 3 is 2.56 bits per heavy atom. The predicted octanol–water partition coefficient (Wildman–Crippen LogP) is 3.27. The Hall–Kier alpha value is -4.00. The Balaban J connectivity index is 1.36. The van der Waals surface area contributed by atoms with Gasteiger partial charge >= 0.3 is 0 Å². The highest BCUT2D eigenvalue weighted by Crippen LogP contribution is 2.37. The summed E-state index contributed by atoms with van der Waals surface area (Å²) in [5.74, 6) is 0.272. The molecule has 0 fully saturated rings. The molecule has 1 unspecified atom stereocenters. The monoisotopic (exact) mass is 425 g/mol. The predicted molar refractivity (Wildman–Crippen MR) is 122 cm³/mol. The number of nitrogens with zero attached hydrogens (tertiary/aromatic N) is 4.